The van der Waals surface area contributed by atoms with E-state index in [1.807, 2.05) is 19.0 Å². The third kappa shape index (κ3) is 5.78. The van der Waals surface area contributed by atoms with Crippen molar-refractivity contribution in [3.05, 3.63) is 57.9 Å². The van der Waals surface area contributed by atoms with Gasteiger partial charge in [0.05, 0.1) is 10.9 Å². The number of carbonyl (C=O) groups excluding carboxylic acids is 1. The molecular formula is C24H30N4O4. The van der Waals surface area contributed by atoms with Crippen molar-refractivity contribution in [1.82, 2.24) is 4.98 Å². The van der Waals surface area contributed by atoms with E-state index in [0.29, 0.717) is 28.7 Å². The molecule has 2 N–H and O–H groups in total. The molecule has 1 amide bonds. The Kier molecular flexibility index (Phi) is 6.72. The molecule has 3 aromatic rings. The summed E-state index contributed by atoms with van der Waals surface area (Å²) in [4.78, 5) is 31.2. The predicted octanol–water partition coefficient (Wildman–Crippen LogP) is 4.56. The number of ether oxygens (including phenoxy) is 1. The number of hydrogen-bond acceptors (Lipinski definition) is 7. The molecule has 0 aliphatic rings. The fourth-order valence-corrected chi connectivity index (χ4v) is 3.22. The Morgan fingerprint density at radius 3 is 2.44 bits per heavy atom. The van der Waals surface area contributed by atoms with Crippen LogP contribution in [0.5, 0.6) is 0 Å². The smallest absolute Gasteiger partial charge is 0.412 e. The summed E-state index contributed by atoms with van der Waals surface area (Å²) in [7, 11) is 4.00. The van der Waals surface area contributed by atoms with E-state index in [0.717, 1.165) is 12.1 Å². The number of fused-ring (bicyclic) bond motifs is 1. The minimum absolute atomic E-state index is 0.166. The molecular weight excluding hydrogens is 408 g/mol. The van der Waals surface area contributed by atoms with E-state index in [1.54, 1.807) is 39.8 Å². The lowest BCUT2D eigenvalue weighted by Crippen LogP contribution is -2.27. The maximum atomic E-state index is 12.6. The number of carbonyl (C=O) groups is 1. The lowest BCUT2D eigenvalue weighted by atomic mass is 10.1. The molecule has 0 aliphatic heterocycles. The number of nitrogens with one attached hydrogen (secondary N) is 2. The van der Waals surface area contributed by atoms with Crippen LogP contribution in [0.4, 0.5) is 22.2 Å². The Bertz CT molecular complexity index is 1160. The van der Waals surface area contributed by atoms with E-state index in [2.05, 4.69) is 39.9 Å². The summed E-state index contributed by atoms with van der Waals surface area (Å²) < 4.78 is 10.6. The van der Waals surface area contributed by atoms with Gasteiger partial charge in [0.2, 0.25) is 0 Å². The van der Waals surface area contributed by atoms with Crippen molar-refractivity contribution in [3.63, 3.8) is 0 Å². The maximum Gasteiger partial charge on any atom is 0.412 e. The van der Waals surface area contributed by atoms with E-state index in [1.165, 1.54) is 5.56 Å². The highest BCUT2D eigenvalue weighted by Crippen LogP contribution is 2.24. The molecule has 0 unspecified atom stereocenters. The second-order valence-electron chi connectivity index (χ2n) is 8.80. The summed E-state index contributed by atoms with van der Waals surface area (Å²) in [6.07, 6.45) is 0.170. The third-order valence-corrected chi connectivity index (χ3v) is 4.84. The van der Waals surface area contributed by atoms with Gasteiger partial charge in [0.15, 0.2) is 0 Å². The molecule has 32 heavy (non-hydrogen) atoms. The van der Waals surface area contributed by atoms with E-state index >= 15 is 0 Å². The van der Waals surface area contributed by atoms with Gasteiger partial charge < -0.3 is 19.4 Å². The van der Waals surface area contributed by atoms with Gasteiger partial charge in [-0.2, -0.15) is 4.98 Å². The molecule has 170 valence electrons. The number of benzene rings is 2. The van der Waals surface area contributed by atoms with E-state index in [9.17, 15) is 9.59 Å². The predicted molar refractivity (Wildman–Crippen MR) is 128 cm³/mol. The molecule has 0 aliphatic carbocycles. The molecule has 8 nitrogen and oxygen atoms in total. The average Bonchev–Trinajstić information content (AvgIpc) is 2.69. The first-order valence-electron chi connectivity index (χ1n) is 10.5. The first-order valence-corrected chi connectivity index (χ1v) is 10.5. The lowest BCUT2D eigenvalue weighted by molar-refractivity contribution is 0.0636. The summed E-state index contributed by atoms with van der Waals surface area (Å²) in [6, 6.07) is 11.8. The normalized spacial score (nSPS) is 11.3. The largest absolute Gasteiger partial charge is 0.444 e. The van der Waals surface area contributed by atoms with E-state index < -0.39 is 17.3 Å². The Labute approximate surface area is 187 Å². The molecule has 0 radical (unpaired) electrons. The van der Waals surface area contributed by atoms with Crippen LogP contribution in [0, 0.1) is 6.92 Å². The van der Waals surface area contributed by atoms with Crippen LogP contribution in [0.25, 0.3) is 10.9 Å². The third-order valence-electron chi connectivity index (χ3n) is 4.84. The summed E-state index contributed by atoms with van der Waals surface area (Å²) in [5, 5.41) is 6.08. The van der Waals surface area contributed by atoms with Gasteiger partial charge in [-0.15, -0.1) is 0 Å². The van der Waals surface area contributed by atoms with E-state index in [-0.39, 0.29) is 6.01 Å². The highest BCUT2D eigenvalue weighted by molar-refractivity contribution is 5.93. The molecule has 1 heterocycles. The SMILES string of the molecule is Cc1c(NC(=O)OC(C)(C)C)ccc2nc(NCCc3ccc(N(C)C)cc3)oc(=O)c12. The molecule has 0 bridgehead atoms. The standard InChI is InChI=1S/C24H30N4O4/c1-15-18(27-23(30)32-24(2,3)4)11-12-19-20(15)21(29)31-22(26-19)25-14-13-16-7-9-17(10-8-16)28(5)6/h7-12H,13-14H2,1-6H3,(H,25,26)(H,27,30). The van der Waals surface area contributed by atoms with Crippen molar-refractivity contribution in [3.8, 4) is 0 Å². The number of amides is 1. The number of aryl methyl sites for hydroxylation is 1. The topological polar surface area (TPSA) is 96.7 Å². The molecule has 0 saturated heterocycles. The van der Waals surface area contributed by atoms with Gasteiger partial charge in [-0.05, 0) is 69.5 Å². The monoisotopic (exact) mass is 438 g/mol. The van der Waals surface area contributed by atoms with E-state index in [4.69, 9.17) is 9.15 Å². The molecule has 0 atom stereocenters. The fourth-order valence-electron chi connectivity index (χ4n) is 3.22. The van der Waals surface area contributed by atoms with Crippen LogP contribution in [-0.2, 0) is 11.2 Å². The highest BCUT2D eigenvalue weighted by atomic mass is 16.6. The van der Waals surface area contributed by atoms with Gasteiger partial charge >= 0.3 is 11.7 Å². The minimum atomic E-state index is -0.621. The van der Waals surface area contributed by atoms with Gasteiger partial charge in [-0.1, -0.05) is 12.1 Å². The zero-order valence-corrected chi connectivity index (χ0v) is 19.4. The minimum Gasteiger partial charge on any atom is -0.444 e. The molecule has 8 heteroatoms. The molecule has 0 fully saturated rings. The van der Waals surface area contributed by atoms with Crippen molar-refractivity contribution in [2.24, 2.45) is 0 Å². The maximum absolute atomic E-state index is 12.6. The van der Waals surface area contributed by atoms with Gasteiger partial charge in [-0.25, -0.2) is 9.59 Å². The number of anilines is 3. The first kappa shape index (κ1) is 23.1. The zero-order chi connectivity index (χ0) is 23.5. The Balaban J connectivity index is 1.71. The van der Waals surface area contributed by atoms with Crippen LogP contribution >= 0.6 is 0 Å². The number of hydrogen-bond donors (Lipinski definition) is 2. The Morgan fingerprint density at radius 2 is 1.81 bits per heavy atom. The summed E-state index contributed by atoms with van der Waals surface area (Å²) in [6.45, 7) is 7.65. The van der Waals surface area contributed by atoms with Crippen molar-refractivity contribution in [2.45, 2.75) is 39.7 Å². The van der Waals surface area contributed by atoms with Crippen molar-refractivity contribution >= 4 is 34.4 Å². The first-order chi connectivity index (χ1) is 15.0. The van der Waals surface area contributed by atoms with Crippen LogP contribution in [0.2, 0.25) is 0 Å². The lowest BCUT2D eigenvalue weighted by Gasteiger charge is -2.20. The molecule has 1 aromatic heterocycles. The quantitative estimate of drug-likeness (QED) is 0.582. The molecule has 2 aromatic carbocycles. The molecule has 0 spiro atoms. The number of rotatable bonds is 6. The summed E-state index contributed by atoms with van der Waals surface area (Å²) >= 11 is 0. The number of aromatic nitrogens is 1. The van der Waals surface area contributed by atoms with Crippen molar-refractivity contribution in [1.29, 1.82) is 0 Å². The van der Waals surface area contributed by atoms with Crippen LogP contribution in [0.15, 0.2) is 45.6 Å². The zero-order valence-electron chi connectivity index (χ0n) is 19.4. The second-order valence-corrected chi connectivity index (χ2v) is 8.80. The van der Waals surface area contributed by atoms with Crippen molar-refractivity contribution < 1.29 is 13.9 Å². The average molecular weight is 439 g/mol. The van der Waals surface area contributed by atoms with Crippen LogP contribution in [0.3, 0.4) is 0 Å². The van der Waals surface area contributed by atoms with Crippen LogP contribution < -0.4 is 21.2 Å². The van der Waals surface area contributed by atoms with Crippen LogP contribution in [0.1, 0.15) is 31.9 Å². The number of nitrogens with zero attached hydrogens (tertiary/aromatic N) is 2. The van der Waals surface area contributed by atoms with Crippen molar-refractivity contribution in [2.75, 3.05) is 36.2 Å². The summed E-state index contributed by atoms with van der Waals surface area (Å²) in [5.41, 5.74) is 2.71. The second kappa shape index (κ2) is 9.30. The molecule has 3 rings (SSSR count). The Hall–Kier alpha value is -3.55. The van der Waals surface area contributed by atoms with Gasteiger partial charge in [-0.3, -0.25) is 5.32 Å². The molecule has 0 saturated carbocycles. The highest BCUT2D eigenvalue weighted by Gasteiger charge is 2.18. The summed E-state index contributed by atoms with van der Waals surface area (Å²) in [5.74, 6) is 0. The fraction of sp³-hybridized carbons (Fsp3) is 0.375. The van der Waals surface area contributed by atoms with Crippen LogP contribution in [-0.4, -0.2) is 37.3 Å². The van der Waals surface area contributed by atoms with Gasteiger partial charge in [0.25, 0.3) is 6.01 Å². The Morgan fingerprint density at radius 1 is 1.12 bits per heavy atom. The van der Waals surface area contributed by atoms with Gasteiger partial charge in [0, 0.05) is 32.0 Å². The van der Waals surface area contributed by atoms with Gasteiger partial charge in [0.1, 0.15) is 5.60 Å².